The Morgan fingerprint density at radius 1 is 1.29 bits per heavy atom. The van der Waals surface area contributed by atoms with Gasteiger partial charge in [-0.3, -0.25) is 4.79 Å². The first-order valence-corrected chi connectivity index (χ1v) is 8.58. The predicted octanol–water partition coefficient (Wildman–Crippen LogP) is 3.73. The smallest absolute Gasteiger partial charge is 0.243 e. The second-order valence-corrected chi connectivity index (χ2v) is 7.62. The summed E-state index contributed by atoms with van der Waals surface area (Å²) in [7, 11) is 0. The zero-order chi connectivity index (χ0) is 14.4. The number of amides is 1. The van der Waals surface area contributed by atoms with E-state index < -0.39 is 0 Å². The Hall–Kier alpha value is -1.16. The van der Waals surface area contributed by atoms with Gasteiger partial charge in [-0.25, -0.2) is 5.43 Å². The molecule has 110 valence electrons. The molecular weight excluding hydrogens is 328 g/mol. The van der Waals surface area contributed by atoms with E-state index in [1.165, 1.54) is 25.7 Å². The van der Waals surface area contributed by atoms with Gasteiger partial charge in [0.2, 0.25) is 5.91 Å². The summed E-state index contributed by atoms with van der Waals surface area (Å²) in [6.45, 7) is 0. The maximum Gasteiger partial charge on any atom is 0.243 e. The Balaban J connectivity index is 1.36. The third-order valence-electron chi connectivity index (χ3n) is 5.27. The van der Waals surface area contributed by atoms with Crippen LogP contribution in [0.3, 0.4) is 0 Å². The van der Waals surface area contributed by atoms with E-state index in [4.69, 9.17) is 0 Å². The van der Waals surface area contributed by atoms with Crippen molar-refractivity contribution in [3.8, 4) is 0 Å². The Kier molecular flexibility index (Phi) is 3.18. The summed E-state index contributed by atoms with van der Waals surface area (Å²) >= 11 is 3.43. The van der Waals surface area contributed by atoms with Crippen molar-refractivity contribution >= 4 is 28.1 Å². The van der Waals surface area contributed by atoms with E-state index in [1.807, 2.05) is 24.3 Å². The van der Waals surface area contributed by atoms with E-state index in [1.54, 1.807) is 6.21 Å². The minimum Gasteiger partial charge on any atom is -0.273 e. The Labute approximate surface area is 133 Å². The number of rotatable bonds is 5. The second-order valence-electron chi connectivity index (χ2n) is 6.71. The first-order valence-electron chi connectivity index (χ1n) is 7.78. The molecule has 21 heavy (non-hydrogen) atoms. The third kappa shape index (κ3) is 2.54. The van der Waals surface area contributed by atoms with Gasteiger partial charge in [0.25, 0.3) is 0 Å². The van der Waals surface area contributed by atoms with Crippen LogP contribution >= 0.6 is 15.9 Å². The largest absolute Gasteiger partial charge is 0.273 e. The molecule has 3 saturated carbocycles. The monoisotopic (exact) mass is 346 g/mol. The highest BCUT2D eigenvalue weighted by Gasteiger charge is 2.70. The number of benzene rings is 1. The fourth-order valence-corrected chi connectivity index (χ4v) is 4.36. The minimum atomic E-state index is 0.125. The first-order chi connectivity index (χ1) is 10.2. The number of hydrazone groups is 1. The lowest BCUT2D eigenvalue weighted by atomic mass is 9.91. The average Bonchev–Trinajstić information content (AvgIpc) is 3.33. The van der Waals surface area contributed by atoms with Crippen molar-refractivity contribution in [3.05, 3.63) is 34.3 Å². The van der Waals surface area contributed by atoms with E-state index in [0.29, 0.717) is 5.41 Å². The standard InChI is InChI=1S/C17H19BrN2O/c18-14-3-1-2-11(8-14)10-19-20-16(21)15-9-17(15,12-4-5-12)13-6-7-13/h1-3,8,10,12-13,15H,4-7,9H2,(H,20,21)/b19-10-/t15-/m1/s1. The molecule has 3 aliphatic rings. The predicted molar refractivity (Wildman–Crippen MR) is 85.9 cm³/mol. The minimum absolute atomic E-state index is 0.125. The van der Waals surface area contributed by atoms with E-state index in [0.717, 1.165) is 28.3 Å². The van der Waals surface area contributed by atoms with Gasteiger partial charge in [-0.15, -0.1) is 0 Å². The van der Waals surface area contributed by atoms with Gasteiger partial charge in [-0.05, 0) is 67.1 Å². The highest BCUT2D eigenvalue weighted by atomic mass is 79.9. The van der Waals surface area contributed by atoms with Crippen molar-refractivity contribution < 1.29 is 4.79 Å². The van der Waals surface area contributed by atoms with Crippen molar-refractivity contribution in [2.45, 2.75) is 32.1 Å². The maximum atomic E-state index is 12.3. The first kappa shape index (κ1) is 13.5. The molecule has 3 nitrogen and oxygen atoms in total. The molecule has 0 aliphatic heterocycles. The summed E-state index contributed by atoms with van der Waals surface area (Å²) in [5.41, 5.74) is 4.10. The number of nitrogens with one attached hydrogen (secondary N) is 1. The van der Waals surface area contributed by atoms with Crippen LogP contribution in [-0.4, -0.2) is 12.1 Å². The van der Waals surface area contributed by atoms with Crippen LogP contribution in [0.4, 0.5) is 0 Å². The molecule has 0 radical (unpaired) electrons. The number of hydrogen-bond acceptors (Lipinski definition) is 2. The van der Waals surface area contributed by atoms with Gasteiger partial charge in [-0.1, -0.05) is 28.1 Å². The number of hydrogen-bond donors (Lipinski definition) is 1. The highest BCUT2D eigenvalue weighted by Crippen LogP contribution is 2.74. The van der Waals surface area contributed by atoms with Gasteiger partial charge in [0.05, 0.1) is 6.21 Å². The topological polar surface area (TPSA) is 41.5 Å². The lowest BCUT2D eigenvalue weighted by molar-refractivity contribution is -0.123. The molecule has 4 rings (SSSR count). The van der Waals surface area contributed by atoms with Crippen LogP contribution in [0.5, 0.6) is 0 Å². The molecule has 0 heterocycles. The SMILES string of the molecule is O=C(N/N=C\c1cccc(Br)c1)[C@H]1CC1(C1CC1)C1CC1. The lowest BCUT2D eigenvalue weighted by Crippen LogP contribution is -2.25. The third-order valence-corrected chi connectivity index (χ3v) is 5.77. The quantitative estimate of drug-likeness (QED) is 0.640. The molecule has 0 aromatic heterocycles. The summed E-state index contributed by atoms with van der Waals surface area (Å²) in [5.74, 6) is 2.00. The molecule has 4 heteroatoms. The number of nitrogens with zero attached hydrogens (tertiary/aromatic N) is 1. The van der Waals surface area contributed by atoms with Crippen molar-refractivity contribution in [1.82, 2.24) is 5.43 Å². The van der Waals surface area contributed by atoms with Gasteiger partial charge < -0.3 is 0 Å². The highest BCUT2D eigenvalue weighted by molar-refractivity contribution is 9.10. The molecule has 3 aliphatic carbocycles. The summed E-state index contributed by atoms with van der Waals surface area (Å²) in [6, 6.07) is 7.88. The van der Waals surface area contributed by atoms with Crippen molar-refractivity contribution in [2.24, 2.45) is 28.3 Å². The molecule has 1 N–H and O–H groups in total. The number of carbonyl (C=O) groups is 1. The van der Waals surface area contributed by atoms with Crippen LogP contribution in [0.2, 0.25) is 0 Å². The fourth-order valence-electron chi connectivity index (χ4n) is 3.94. The molecule has 0 spiro atoms. The Morgan fingerprint density at radius 2 is 2.00 bits per heavy atom. The molecular formula is C17H19BrN2O. The molecule has 1 aromatic rings. The van der Waals surface area contributed by atoms with Crippen LogP contribution in [0, 0.1) is 23.2 Å². The van der Waals surface area contributed by atoms with Crippen LogP contribution in [0.15, 0.2) is 33.8 Å². The molecule has 0 unspecified atom stereocenters. The van der Waals surface area contributed by atoms with Gasteiger partial charge >= 0.3 is 0 Å². The summed E-state index contributed by atoms with van der Waals surface area (Å²) in [6.07, 6.45) is 8.15. The normalized spacial score (nSPS) is 26.8. The maximum absolute atomic E-state index is 12.3. The molecule has 1 aromatic carbocycles. The van der Waals surface area contributed by atoms with Crippen molar-refractivity contribution in [2.75, 3.05) is 0 Å². The number of halogens is 1. The molecule has 3 fully saturated rings. The van der Waals surface area contributed by atoms with Crippen LogP contribution < -0.4 is 5.43 Å². The fraction of sp³-hybridized carbons (Fsp3) is 0.529. The van der Waals surface area contributed by atoms with Gasteiger partial charge in [-0.2, -0.15) is 5.10 Å². The molecule has 1 amide bonds. The van der Waals surface area contributed by atoms with Crippen molar-refractivity contribution in [1.29, 1.82) is 0 Å². The van der Waals surface area contributed by atoms with Crippen molar-refractivity contribution in [3.63, 3.8) is 0 Å². The van der Waals surface area contributed by atoms with Gasteiger partial charge in [0.1, 0.15) is 0 Å². The summed E-state index contributed by atoms with van der Waals surface area (Å²) in [5, 5.41) is 4.12. The molecule has 0 bridgehead atoms. The molecule has 0 saturated heterocycles. The average molecular weight is 347 g/mol. The van der Waals surface area contributed by atoms with Crippen LogP contribution in [0.25, 0.3) is 0 Å². The summed E-state index contributed by atoms with van der Waals surface area (Å²) < 4.78 is 1.02. The van der Waals surface area contributed by atoms with E-state index in [-0.39, 0.29) is 11.8 Å². The zero-order valence-corrected chi connectivity index (χ0v) is 13.5. The Bertz CT molecular complexity index is 593. The lowest BCUT2D eigenvalue weighted by Gasteiger charge is -2.14. The van der Waals surface area contributed by atoms with Crippen LogP contribution in [-0.2, 0) is 4.79 Å². The van der Waals surface area contributed by atoms with Gasteiger partial charge in [0.15, 0.2) is 0 Å². The van der Waals surface area contributed by atoms with Gasteiger partial charge in [0, 0.05) is 10.4 Å². The number of carbonyl (C=O) groups excluding carboxylic acids is 1. The Morgan fingerprint density at radius 3 is 2.62 bits per heavy atom. The summed E-state index contributed by atoms with van der Waals surface area (Å²) in [4.78, 5) is 12.3. The zero-order valence-electron chi connectivity index (χ0n) is 11.9. The van der Waals surface area contributed by atoms with E-state index in [9.17, 15) is 4.79 Å². The molecule has 1 atom stereocenters. The van der Waals surface area contributed by atoms with E-state index >= 15 is 0 Å². The van der Waals surface area contributed by atoms with Crippen LogP contribution in [0.1, 0.15) is 37.7 Å². The second kappa shape index (κ2) is 4.94. The van der Waals surface area contributed by atoms with E-state index in [2.05, 4.69) is 26.5 Å².